The van der Waals surface area contributed by atoms with Gasteiger partial charge in [-0.1, -0.05) is 11.6 Å². The molecule has 0 unspecified atom stereocenters. The van der Waals surface area contributed by atoms with Crippen molar-refractivity contribution in [1.29, 1.82) is 0 Å². The Morgan fingerprint density at radius 1 is 1.45 bits per heavy atom. The lowest BCUT2D eigenvalue weighted by molar-refractivity contribution is 0.290. The molecule has 1 aromatic rings. The molecular formula is C13H18ClFN2O2S. The third-order valence-corrected chi connectivity index (χ3v) is 6.02. The summed E-state index contributed by atoms with van der Waals surface area (Å²) >= 11 is 5.88. The molecule has 4 nitrogen and oxygen atoms in total. The minimum absolute atomic E-state index is 0.0989. The van der Waals surface area contributed by atoms with Crippen LogP contribution in [0.2, 0.25) is 5.02 Å². The van der Waals surface area contributed by atoms with E-state index in [1.165, 1.54) is 10.4 Å². The van der Waals surface area contributed by atoms with Gasteiger partial charge in [-0.05, 0) is 38.8 Å². The van der Waals surface area contributed by atoms with Crippen molar-refractivity contribution in [1.82, 2.24) is 4.31 Å². The number of benzene rings is 1. The lowest BCUT2D eigenvalue weighted by Crippen LogP contribution is -2.42. The molecule has 1 aromatic carbocycles. The van der Waals surface area contributed by atoms with Crippen LogP contribution in [0.4, 0.5) is 4.39 Å². The molecule has 20 heavy (non-hydrogen) atoms. The van der Waals surface area contributed by atoms with Gasteiger partial charge in [-0.25, -0.2) is 12.8 Å². The summed E-state index contributed by atoms with van der Waals surface area (Å²) in [6.07, 6.45) is 1.51. The summed E-state index contributed by atoms with van der Waals surface area (Å²) in [7, 11) is -3.91. The highest BCUT2D eigenvalue weighted by molar-refractivity contribution is 7.89. The second-order valence-electron chi connectivity index (χ2n) is 5.57. The van der Waals surface area contributed by atoms with Crippen molar-refractivity contribution in [3.8, 4) is 0 Å². The molecule has 0 aliphatic carbocycles. The zero-order valence-corrected chi connectivity index (χ0v) is 13.1. The molecule has 1 aliphatic rings. The monoisotopic (exact) mass is 320 g/mol. The quantitative estimate of drug-likeness (QED) is 0.930. The highest BCUT2D eigenvalue weighted by Crippen LogP contribution is 2.35. The Bertz CT molecular complexity index is 632. The van der Waals surface area contributed by atoms with Crippen LogP contribution in [0.1, 0.15) is 32.3 Å². The standard InChI is InChI=1S/C13H18ClFN2O2S/c1-13(2)4-3-5-17(13)20(18,19)11-7-10(14)6-9(8-16)12(11)15/h6-7H,3-5,8,16H2,1-2H3. The molecule has 0 atom stereocenters. The van der Waals surface area contributed by atoms with Crippen molar-refractivity contribution >= 4 is 21.6 Å². The minimum Gasteiger partial charge on any atom is -0.326 e. The van der Waals surface area contributed by atoms with Gasteiger partial charge in [-0.2, -0.15) is 4.31 Å². The van der Waals surface area contributed by atoms with Gasteiger partial charge in [0.05, 0.1) is 0 Å². The van der Waals surface area contributed by atoms with Crippen LogP contribution in [0.15, 0.2) is 17.0 Å². The average Bonchev–Trinajstić information content (AvgIpc) is 2.71. The fraction of sp³-hybridized carbons (Fsp3) is 0.538. The van der Waals surface area contributed by atoms with E-state index < -0.39 is 21.4 Å². The van der Waals surface area contributed by atoms with Gasteiger partial charge in [0.25, 0.3) is 0 Å². The zero-order chi connectivity index (χ0) is 15.1. The van der Waals surface area contributed by atoms with Crippen molar-refractivity contribution in [3.63, 3.8) is 0 Å². The maximum atomic E-state index is 14.3. The summed E-state index contributed by atoms with van der Waals surface area (Å²) in [5.41, 5.74) is 5.02. The molecule has 7 heteroatoms. The first-order valence-corrected chi connectivity index (χ1v) is 8.23. The van der Waals surface area contributed by atoms with E-state index in [0.29, 0.717) is 6.54 Å². The molecule has 0 radical (unpaired) electrons. The summed E-state index contributed by atoms with van der Waals surface area (Å²) in [5.74, 6) is -0.806. The van der Waals surface area contributed by atoms with Gasteiger partial charge < -0.3 is 5.73 Å². The van der Waals surface area contributed by atoms with Crippen LogP contribution < -0.4 is 5.73 Å². The minimum atomic E-state index is -3.91. The maximum Gasteiger partial charge on any atom is 0.246 e. The molecule has 0 saturated carbocycles. The first-order chi connectivity index (χ1) is 9.20. The smallest absolute Gasteiger partial charge is 0.246 e. The first-order valence-electron chi connectivity index (χ1n) is 6.41. The Hall–Kier alpha value is -0.690. The molecule has 2 rings (SSSR count). The number of sulfonamides is 1. The molecular weight excluding hydrogens is 303 g/mol. The van der Waals surface area contributed by atoms with Crippen LogP contribution >= 0.6 is 11.6 Å². The van der Waals surface area contributed by atoms with Crippen molar-refractivity contribution in [2.45, 2.75) is 43.7 Å². The van der Waals surface area contributed by atoms with Gasteiger partial charge in [0.15, 0.2) is 0 Å². The van der Waals surface area contributed by atoms with E-state index in [2.05, 4.69) is 0 Å². The molecule has 1 aliphatic heterocycles. The SMILES string of the molecule is CC1(C)CCCN1S(=O)(=O)c1cc(Cl)cc(CN)c1F. The number of rotatable bonds is 3. The van der Waals surface area contributed by atoms with Crippen LogP contribution in [-0.4, -0.2) is 24.8 Å². The van der Waals surface area contributed by atoms with E-state index in [1.807, 2.05) is 13.8 Å². The molecule has 0 bridgehead atoms. The fourth-order valence-electron chi connectivity index (χ4n) is 2.60. The lowest BCUT2D eigenvalue weighted by Gasteiger charge is -2.30. The number of nitrogens with zero attached hydrogens (tertiary/aromatic N) is 1. The van der Waals surface area contributed by atoms with Crippen LogP contribution in [0.25, 0.3) is 0 Å². The Morgan fingerprint density at radius 2 is 2.10 bits per heavy atom. The van der Waals surface area contributed by atoms with Crippen LogP contribution in [0.3, 0.4) is 0 Å². The van der Waals surface area contributed by atoms with Gasteiger partial charge in [0.1, 0.15) is 10.7 Å². The average molecular weight is 321 g/mol. The predicted molar refractivity (Wildman–Crippen MR) is 76.5 cm³/mol. The Morgan fingerprint density at radius 3 is 2.60 bits per heavy atom. The van der Waals surface area contributed by atoms with Crippen LogP contribution in [-0.2, 0) is 16.6 Å². The molecule has 1 fully saturated rings. The van der Waals surface area contributed by atoms with Gasteiger partial charge in [-0.15, -0.1) is 0 Å². The normalized spacial score (nSPS) is 19.4. The third kappa shape index (κ3) is 2.57. The van der Waals surface area contributed by atoms with E-state index in [9.17, 15) is 12.8 Å². The zero-order valence-electron chi connectivity index (χ0n) is 11.5. The molecule has 112 valence electrons. The second-order valence-corrected chi connectivity index (χ2v) is 7.84. The number of hydrogen-bond donors (Lipinski definition) is 1. The molecule has 2 N–H and O–H groups in total. The van der Waals surface area contributed by atoms with Crippen LogP contribution in [0, 0.1) is 5.82 Å². The molecule has 0 amide bonds. The molecule has 0 aromatic heterocycles. The topological polar surface area (TPSA) is 63.4 Å². The third-order valence-electron chi connectivity index (χ3n) is 3.69. The summed E-state index contributed by atoms with van der Waals surface area (Å²) < 4.78 is 41.0. The highest BCUT2D eigenvalue weighted by atomic mass is 35.5. The van der Waals surface area contributed by atoms with Crippen molar-refractivity contribution < 1.29 is 12.8 Å². The van der Waals surface area contributed by atoms with Crippen LogP contribution in [0.5, 0.6) is 0 Å². The van der Waals surface area contributed by atoms with Gasteiger partial charge in [0.2, 0.25) is 10.0 Å². The fourth-order valence-corrected chi connectivity index (χ4v) is 4.89. The van der Waals surface area contributed by atoms with E-state index in [4.69, 9.17) is 17.3 Å². The summed E-state index contributed by atoms with van der Waals surface area (Å²) in [5, 5.41) is 0.169. The second kappa shape index (κ2) is 5.26. The van der Waals surface area contributed by atoms with Gasteiger partial charge in [0, 0.05) is 29.2 Å². The number of halogens is 2. The molecule has 0 spiro atoms. The highest BCUT2D eigenvalue weighted by Gasteiger charge is 2.42. The lowest BCUT2D eigenvalue weighted by atomic mass is 10.0. The largest absolute Gasteiger partial charge is 0.326 e. The number of hydrogen-bond acceptors (Lipinski definition) is 3. The summed E-state index contributed by atoms with van der Waals surface area (Å²) in [6, 6.07) is 2.50. The maximum absolute atomic E-state index is 14.3. The van der Waals surface area contributed by atoms with E-state index in [0.717, 1.165) is 18.9 Å². The molecule has 1 heterocycles. The molecule has 1 saturated heterocycles. The van der Waals surface area contributed by atoms with E-state index in [-0.39, 0.29) is 22.0 Å². The Labute approximate surface area is 123 Å². The summed E-state index contributed by atoms with van der Waals surface area (Å²) in [6.45, 7) is 3.96. The van der Waals surface area contributed by atoms with E-state index >= 15 is 0 Å². The Kier molecular flexibility index (Phi) is 4.12. The Balaban J connectivity index is 2.58. The van der Waals surface area contributed by atoms with Gasteiger partial charge in [-0.3, -0.25) is 0 Å². The van der Waals surface area contributed by atoms with E-state index in [1.54, 1.807) is 0 Å². The van der Waals surface area contributed by atoms with Crippen molar-refractivity contribution in [3.05, 3.63) is 28.5 Å². The van der Waals surface area contributed by atoms with Gasteiger partial charge >= 0.3 is 0 Å². The predicted octanol–water partition coefficient (Wildman–Crippen LogP) is 2.50. The van der Waals surface area contributed by atoms with Crippen molar-refractivity contribution in [2.24, 2.45) is 5.73 Å². The number of nitrogens with two attached hydrogens (primary N) is 1. The first kappa shape index (κ1) is 15.7. The summed E-state index contributed by atoms with van der Waals surface area (Å²) in [4.78, 5) is -0.388. The van der Waals surface area contributed by atoms with Crippen molar-refractivity contribution in [2.75, 3.05) is 6.54 Å².